The lowest BCUT2D eigenvalue weighted by atomic mass is 10.1. The van der Waals surface area contributed by atoms with Crippen molar-refractivity contribution in [2.45, 2.75) is 11.3 Å². The van der Waals surface area contributed by atoms with Crippen LogP contribution in [0.2, 0.25) is 0 Å². The summed E-state index contributed by atoms with van der Waals surface area (Å²) in [5.41, 5.74) is 4.15. The monoisotopic (exact) mass is 474 g/mol. The molecule has 33 heavy (non-hydrogen) atoms. The summed E-state index contributed by atoms with van der Waals surface area (Å²) < 4.78 is 5.81. The number of esters is 1. The number of aromatic nitrogens is 1. The van der Waals surface area contributed by atoms with Gasteiger partial charge < -0.3 is 10.1 Å². The van der Waals surface area contributed by atoms with Crippen LogP contribution in [0.15, 0.2) is 89.3 Å². The first-order valence-electron chi connectivity index (χ1n) is 10.5. The maximum atomic E-state index is 12.5. The van der Waals surface area contributed by atoms with Crippen LogP contribution in [0.3, 0.4) is 0 Å². The van der Waals surface area contributed by atoms with E-state index in [0.29, 0.717) is 17.9 Å². The first-order valence-corrected chi connectivity index (χ1v) is 12.3. The number of benzene rings is 3. The number of amides is 1. The van der Waals surface area contributed by atoms with Crippen LogP contribution in [-0.2, 0) is 9.53 Å². The second-order valence-electron chi connectivity index (χ2n) is 7.02. The molecule has 0 aliphatic rings. The van der Waals surface area contributed by atoms with Crippen LogP contribution in [-0.4, -0.2) is 29.2 Å². The van der Waals surface area contributed by atoms with Gasteiger partial charge in [-0.15, -0.1) is 11.3 Å². The van der Waals surface area contributed by atoms with Crippen LogP contribution in [0, 0.1) is 0 Å². The standard InChI is InChI=1S/C26H22N2O3S2/c1-2-31-25(30)20-13-15-21(16-14-20)27-22(29)17-32-26-28-23(18-9-5-3-6-10-18)24(33-26)19-11-7-4-8-12-19/h3-16H,2,17H2,1H3,(H,27,29). The van der Waals surface area contributed by atoms with Crippen molar-refractivity contribution in [3.05, 3.63) is 90.5 Å². The summed E-state index contributed by atoms with van der Waals surface area (Å²) in [5, 5.41) is 2.86. The Hall–Kier alpha value is -3.42. The molecule has 0 saturated heterocycles. The summed E-state index contributed by atoms with van der Waals surface area (Å²) in [5.74, 6) is -0.282. The molecule has 3 aromatic carbocycles. The van der Waals surface area contributed by atoms with Crippen LogP contribution in [0.5, 0.6) is 0 Å². The molecule has 5 nitrogen and oxygen atoms in total. The van der Waals surface area contributed by atoms with E-state index in [2.05, 4.69) is 17.4 Å². The molecule has 1 heterocycles. The lowest BCUT2D eigenvalue weighted by Crippen LogP contribution is -2.14. The molecule has 0 spiro atoms. The Morgan fingerprint density at radius 1 is 0.909 bits per heavy atom. The van der Waals surface area contributed by atoms with E-state index in [1.807, 2.05) is 48.5 Å². The maximum Gasteiger partial charge on any atom is 0.338 e. The average molecular weight is 475 g/mol. The van der Waals surface area contributed by atoms with Gasteiger partial charge in [0.1, 0.15) is 0 Å². The summed E-state index contributed by atoms with van der Waals surface area (Å²) in [4.78, 5) is 30.2. The largest absolute Gasteiger partial charge is 0.462 e. The van der Waals surface area contributed by atoms with Gasteiger partial charge in [0.2, 0.25) is 5.91 Å². The Balaban J connectivity index is 1.44. The SMILES string of the molecule is CCOC(=O)c1ccc(NC(=O)CSc2nc(-c3ccccc3)c(-c3ccccc3)s2)cc1. The molecule has 0 unspecified atom stereocenters. The number of nitrogens with zero attached hydrogens (tertiary/aromatic N) is 1. The normalized spacial score (nSPS) is 10.6. The van der Waals surface area contributed by atoms with Crippen molar-refractivity contribution in [2.24, 2.45) is 0 Å². The number of hydrogen-bond acceptors (Lipinski definition) is 6. The summed E-state index contributed by atoms with van der Waals surface area (Å²) in [6, 6.07) is 26.9. The van der Waals surface area contributed by atoms with E-state index in [1.54, 1.807) is 42.5 Å². The zero-order valence-electron chi connectivity index (χ0n) is 18.0. The number of rotatable bonds is 8. The van der Waals surface area contributed by atoms with Gasteiger partial charge in [-0.25, -0.2) is 9.78 Å². The van der Waals surface area contributed by atoms with Crippen molar-refractivity contribution in [2.75, 3.05) is 17.7 Å². The topological polar surface area (TPSA) is 68.3 Å². The highest BCUT2D eigenvalue weighted by Gasteiger charge is 2.16. The number of nitrogens with one attached hydrogen (secondary N) is 1. The third-order valence-corrected chi connectivity index (χ3v) is 6.94. The van der Waals surface area contributed by atoms with E-state index in [-0.39, 0.29) is 17.6 Å². The predicted molar refractivity (Wildman–Crippen MR) is 135 cm³/mol. The third-order valence-electron chi connectivity index (χ3n) is 4.70. The van der Waals surface area contributed by atoms with Crippen LogP contribution in [0.25, 0.3) is 21.7 Å². The van der Waals surface area contributed by atoms with E-state index in [4.69, 9.17) is 9.72 Å². The summed E-state index contributed by atoms with van der Waals surface area (Å²) in [6.07, 6.45) is 0. The molecule has 1 amide bonds. The van der Waals surface area contributed by atoms with Gasteiger partial charge >= 0.3 is 5.97 Å². The molecule has 0 fully saturated rings. The van der Waals surface area contributed by atoms with E-state index < -0.39 is 0 Å². The zero-order chi connectivity index (χ0) is 23.0. The molecular formula is C26H22N2O3S2. The van der Waals surface area contributed by atoms with Gasteiger partial charge in [-0.1, -0.05) is 72.4 Å². The van der Waals surface area contributed by atoms with Crippen molar-refractivity contribution in [1.82, 2.24) is 4.98 Å². The van der Waals surface area contributed by atoms with Crippen molar-refractivity contribution in [1.29, 1.82) is 0 Å². The second-order valence-corrected chi connectivity index (χ2v) is 9.25. The van der Waals surface area contributed by atoms with Crippen molar-refractivity contribution in [3.8, 4) is 21.7 Å². The number of ether oxygens (including phenoxy) is 1. The van der Waals surface area contributed by atoms with E-state index in [0.717, 1.165) is 26.0 Å². The number of carbonyl (C=O) groups is 2. The summed E-state index contributed by atoms with van der Waals surface area (Å²) in [7, 11) is 0. The average Bonchev–Trinajstić information content (AvgIpc) is 3.29. The zero-order valence-corrected chi connectivity index (χ0v) is 19.6. The molecule has 4 aromatic rings. The lowest BCUT2D eigenvalue weighted by Gasteiger charge is -2.06. The molecule has 1 aromatic heterocycles. The fraction of sp³-hybridized carbons (Fsp3) is 0.115. The Labute approximate surface area is 200 Å². The van der Waals surface area contributed by atoms with Gasteiger partial charge in [0.05, 0.1) is 28.5 Å². The fourth-order valence-electron chi connectivity index (χ4n) is 3.17. The minimum absolute atomic E-state index is 0.137. The van der Waals surface area contributed by atoms with Crippen molar-refractivity contribution < 1.29 is 14.3 Å². The highest BCUT2D eigenvalue weighted by molar-refractivity contribution is 8.01. The Morgan fingerprint density at radius 3 is 2.18 bits per heavy atom. The molecule has 0 aliphatic carbocycles. The summed E-state index contributed by atoms with van der Waals surface area (Å²) >= 11 is 2.99. The highest BCUT2D eigenvalue weighted by atomic mass is 32.2. The minimum atomic E-state index is -0.377. The number of hydrogen-bond donors (Lipinski definition) is 1. The molecule has 4 rings (SSSR count). The molecule has 7 heteroatoms. The fourth-order valence-corrected chi connectivity index (χ4v) is 5.14. The van der Waals surface area contributed by atoms with Gasteiger partial charge in [-0.2, -0.15) is 0 Å². The van der Waals surface area contributed by atoms with Gasteiger partial charge in [-0.05, 0) is 36.8 Å². The molecule has 0 radical (unpaired) electrons. The van der Waals surface area contributed by atoms with E-state index in [9.17, 15) is 9.59 Å². The highest BCUT2D eigenvalue weighted by Crippen LogP contribution is 2.40. The minimum Gasteiger partial charge on any atom is -0.462 e. The maximum absolute atomic E-state index is 12.5. The molecule has 0 saturated carbocycles. The molecule has 0 atom stereocenters. The van der Waals surface area contributed by atoms with Crippen LogP contribution in [0.4, 0.5) is 5.69 Å². The summed E-state index contributed by atoms with van der Waals surface area (Å²) in [6.45, 7) is 2.08. The van der Waals surface area contributed by atoms with Crippen molar-refractivity contribution in [3.63, 3.8) is 0 Å². The van der Waals surface area contributed by atoms with Gasteiger partial charge in [0, 0.05) is 11.3 Å². The molecular weight excluding hydrogens is 452 g/mol. The van der Waals surface area contributed by atoms with Gasteiger partial charge in [0.25, 0.3) is 0 Å². The molecule has 0 bridgehead atoms. The quantitative estimate of drug-likeness (QED) is 0.237. The van der Waals surface area contributed by atoms with E-state index in [1.165, 1.54) is 11.8 Å². The lowest BCUT2D eigenvalue weighted by molar-refractivity contribution is -0.113. The predicted octanol–water partition coefficient (Wildman–Crippen LogP) is 6.38. The van der Waals surface area contributed by atoms with Gasteiger partial charge in [0.15, 0.2) is 4.34 Å². The second kappa shape index (κ2) is 10.9. The number of thiazole rings is 1. The van der Waals surface area contributed by atoms with Crippen LogP contribution < -0.4 is 5.32 Å². The van der Waals surface area contributed by atoms with Crippen molar-refractivity contribution >= 4 is 40.7 Å². The van der Waals surface area contributed by atoms with Crippen LogP contribution >= 0.6 is 23.1 Å². The first-order chi connectivity index (χ1) is 16.1. The number of anilines is 1. The molecule has 1 N–H and O–H groups in total. The molecule has 166 valence electrons. The van der Waals surface area contributed by atoms with E-state index >= 15 is 0 Å². The Morgan fingerprint density at radius 2 is 1.55 bits per heavy atom. The van der Waals surface area contributed by atoms with Crippen LogP contribution in [0.1, 0.15) is 17.3 Å². The number of carbonyl (C=O) groups excluding carboxylic acids is 2. The third kappa shape index (κ3) is 5.88. The Kier molecular flexibility index (Phi) is 7.55. The molecule has 0 aliphatic heterocycles. The Bertz CT molecular complexity index is 1170. The first kappa shape index (κ1) is 22.8. The smallest absolute Gasteiger partial charge is 0.338 e. The van der Waals surface area contributed by atoms with Gasteiger partial charge in [-0.3, -0.25) is 4.79 Å². The number of thioether (sulfide) groups is 1.